The van der Waals surface area contributed by atoms with E-state index in [0.717, 1.165) is 12.0 Å². The Morgan fingerprint density at radius 3 is 2.60 bits per heavy atom. The van der Waals surface area contributed by atoms with Gasteiger partial charge in [0.05, 0.1) is 6.33 Å². The summed E-state index contributed by atoms with van der Waals surface area (Å²) in [6, 6.07) is 10.3. The number of imidazole rings is 1. The van der Waals surface area contributed by atoms with Crippen LogP contribution in [-0.4, -0.2) is 31.9 Å². The average molecular weight is 336 g/mol. The summed E-state index contributed by atoms with van der Waals surface area (Å²) in [6.45, 7) is 2.03. The molecule has 1 amide bonds. The van der Waals surface area contributed by atoms with Crippen LogP contribution in [0.2, 0.25) is 0 Å². The Morgan fingerprint density at radius 1 is 1.16 bits per heavy atom. The maximum absolute atomic E-state index is 12.3. The molecule has 7 nitrogen and oxygen atoms in total. The van der Waals surface area contributed by atoms with Gasteiger partial charge >= 0.3 is 5.97 Å². The van der Waals surface area contributed by atoms with Crippen molar-refractivity contribution in [2.75, 3.05) is 5.32 Å². The van der Waals surface area contributed by atoms with Crippen LogP contribution in [0.5, 0.6) is 0 Å². The molecule has 3 aromatic rings. The third kappa shape index (κ3) is 3.55. The maximum Gasteiger partial charge on any atom is 0.354 e. The number of aromatic amines is 1. The molecule has 0 aliphatic rings. The minimum absolute atomic E-state index is 0.0118. The number of H-pyrrole nitrogens is 1. The number of anilines is 1. The first-order valence-electron chi connectivity index (χ1n) is 7.72. The number of carboxylic acids is 1. The molecule has 0 aliphatic carbocycles. The number of benzene rings is 1. The molecule has 126 valence electrons. The number of carboxylic acid groups (broad SMARTS) is 1. The second kappa shape index (κ2) is 6.96. The van der Waals surface area contributed by atoms with Crippen molar-refractivity contribution in [2.24, 2.45) is 0 Å². The smallest absolute Gasteiger partial charge is 0.354 e. The number of amides is 1. The van der Waals surface area contributed by atoms with Gasteiger partial charge in [-0.3, -0.25) is 4.79 Å². The second-order valence-electron chi connectivity index (χ2n) is 5.37. The van der Waals surface area contributed by atoms with Crippen molar-refractivity contribution < 1.29 is 14.7 Å². The molecule has 0 unspecified atom stereocenters. The van der Waals surface area contributed by atoms with Crippen LogP contribution in [-0.2, 0) is 6.42 Å². The number of nitrogens with one attached hydrogen (secondary N) is 2. The van der Waals surface area contributed by atoms with E-state index in [4.69, 9.17) is 5.11 Å². The minimum Gasteiger partial charge on any atom is -0.477 e. The molecule has 2 heterocycles. The van der Waals surface area contributed by atoms with E-state index < -0.39 is 5.97 Å². The number of aryl methyl sites for hydroxylation is 1. The summed E-state index contributed by atoms with van der Waals surface area (Å²) in [5, 5.41) is 11.9. The summed E-state index contributed by atoms with van der Waals surface area (Å²) >= 11 is 0. The zero-order valence-corrected chi connectivity index (χ0v) is 13.5. The highest BCUT2D eigenvalue weighted by molar-refractivity contribution is 6.04. The van der Waals surface area contributed by atoms with E-state index in [9.17, 15) is 9.59 Å². The highest BCUT2D eigenvalue weighted by atomic mass is 16.4. The average Bonchev–Trinajstić information content (AvgIpc) is 3.12. The van der Waals surface area contributed by atoms with Crippen LogP contribution < -0.4 is 5.32 Å². The standard InChI is InChI=1S/C18H16N4O3/c1-2-11-7-8-19-14(9-11)22-17(23)13-5-3-12(4-6-13)15-16(18(24)25)21-10-20-15/h3-10H,2H2,1H3,(H,20,21)(H,24,25)(H,19,22,23). The molecular weight excluding hydrogens is 320 g/mol. The predicted molar refractivity (Wildman–Crippen MR) is 92.6 cm³/mol. The number of carbonyl (C=O) groups excluding carboxylic acids is 1. The normalized spacial score (nSPS) is 10.4. The molecule has 3 rings (SSSR count). The summed E-state index contributed by atoms with van der Waals surface area (Å²) in [5.41, 5.74) is 2.48. The van der Waals surface area contributed by atoms with Gasteiger partial charge in [-0.1, -0.05) is 19.1 Å². The fraction of sp³-hybridized carbons (Fsp3) is 0.111. The van der Waals surface area contributed by atoms with Crippen molar-refractivity contribution in [1.29, 1.82) is 0 Å². The van der Waals surface area contributed by atoms with Gasteiger partial charge in [0.25, 0.3) is 5.91 Å². The first-order chi connectivity index (χ1) is 12.1. The van der Waals surface area contributed by atoms with Crippen LogP contribution in [0, 0.1) is 0 Å². The largest absolute Gasteiger partial charge is 0.477 e. The van der Waals surface area contributed by atoms with Gasteiger partial charge in [-0.05, 0) is 36.2 Å². The van der Waals surface area contributed by atoms with Crippen LogP contribution in [0.25, 0.3) is 11.3 Å². The maximum atomic E-state index is 12.3. The Labute approximate surface area is 143 Å². The SMILES string of the molecule is CCc1ccnc(NC(=O)c2ccc(-c3nc[nH]c3C(=O)O)cc2)c1. The quantitative estimate of drug-likeness (QED) is 0.664. The molecule has 0 bridgehead atoms. The predicted octanol–water partition coefficient (Wildman–Crippen LogP) is 2.98. The van der Waals surface area contributed by atoms with Crippen LogP contribution in [0.15, 0.2) is 48.9 Å². The summed E-state index contributed by atoms with van der Waals surface area (Å²) in [7, 11) is 0. The summed E-state index contributed by atoms with van der Waals surface area (Å²) < 4.78 is 0. The number of hydrogen-bond donors (Lipinski definition) is 3. The number of hydrogen-bond acceptors (Lipinski definition) is 4. The third-order valence-corrected chi connectivity index (χ3v) is 3.75. The summed E-state index contributed by atoms with van der Waals surface area (Å²) in [6.07, 6.45) is 3.84. The van der Waals surface area contributed by atoms with Crippen LogP contribution in [0.1, 0.15) is 33.3 Å². The molecule has 3 N–H and O–H groups in total. The first-order valence-corrected chi connectivity index (χ1v) is 7.72. The monoisotopic (exact) mass is 336 g/mol. The Hall–Kier alpha value is -3.48. The second-order valence-corrected chi connectivity index (χ2v) is 5.37. The molecule has 0 spiro atoms. The zero-order valence-electron chi connectivity index (χ0n) is 13.5. The number of aromatic nitrogens is 3. The van der Waals surface area contributed by atoms with Crippen molar-refractivity contribution in [2.45, 2.75) is 13.3 Å². The number of rotatable bonds is 5. The van der Waals surface area contributed by atoms with E-state index in [2.05, 4.69) is 20.3 Å². The Bertz CT molecular complexity index is 916. The molecule has 0 aliphatic heterocycles. The molecule has 0 fully saturated rings. The zero-order chi connectivity index (χ0) is 17.8. The Balaban J connectivity index is 1.78. The molecule has 0 radical (unpaired) electrons. The molecular formula is C18H16N4O3. The lowest BCUT2D eigenvalue weighted by atomic mass is 10.1. The molecule has 7 heteroatoms. The molecule has 0 saturated carbocycles. The first kappa shape index (κ1) is 16.4. The number of nitrogens with zero attached hydrogens (tertiary/aromatic N) is 2. The van der Waals surface area contributed by atoms with Crippen LogP contribution >= 0.6 is 0 Å². The number of pyridine rings is 1. The summed E-state index contributed by atoms with van der Waals surface area (Å²) in [4.78, 5) is 34.2. The van der Waals surface area contributed by atoms with Crippen molar-refractivity contribution in [3.8, 4) is 11.3 Å². The van der Waals surface area contributed by atoms with Crippen molar-refractivity contribution >= 4 is 17.7 Å². The van der Waals surface area contributed by atoms with Gasteiger partial charge in [-0.2, -0.15) is 0 Å². The van der Waals surface area contributed by atoms with E-state index >= 15 is 0 Å². The van der Waals surface area contributed by atoms with Crippen molar-refractivity contribution in [1.82, 2.24) is 15.0 Å². The lowest BCUT2D eigenvalue weighted by molar-refractivity contribution is 0.0691. The van der Waals surface area contributed by atoms with Crippen molar-refractivity contribution in [3.05, 3.63) is 65.7 Å². The van der Waals surface area contributed by atoms with E-state index in [1.165, 1.54) is 6.33 Å². The minimum atomic E-state index is -1.09. The molecule has 0 saturated heterocycles. The van der Waals surface area contributed by atoms with Gasteiger partial charge in [-0.25, -0.2) is 14.8 Å². The van der Waals surface area contributed by atoms with E-state index in [-0.39, 0.29) is 11.6 Å². The molecule has 0 atom stereocenters. The van der Waals surface area contributed by atoms with E-state index in [1.54, 1.807) is 30.5 Å². The molecule has 25 heavy (non-hydrogen) atoms. The van der Waals surface area contributed by atoms with Crippen LogP contribution in [0.4, 0.5) is 5.82 Å². The topological polar surface area (TPSA) is 108 Å². The summed E-state index contributed by atoms with van der Waals surface area (Å²) in [5.74, 6) is -0.877. The highest BCUT2D eigenvalue weighted by Crippen LogP contribution is 2.21. The fourth-order valence-corrected chi connectivity index (χ4v) is 2.41. The van der Waals surface area contributed by atoms with E-state index in [1.807, 2.05) is 19.1 Å². The Kier molecular flexibility index (Phi) is 4.56. The Morgan fingerprint density at radius 2 is 1.92 bits per heavy atom. The van der Waals surface area contributed by atoms with Gasteiger partial charge in [-0.15, -0.1) is 0 Å². The molecule has 1 aromatic carbocycles. The highest BCUT2D eigenvalue weighted by Gasteiger charge is 2.15. The van der Waals surface area contributed by atoms with Gasteiger partial charge in [0.2, 0.25) is 0 Å². The van der Waals surface area contributed by atoms with Gasteiger partial charge in [0.1, 0.15) is 11.5 Å². The molecule has 2 aromatic heterocycles. The fourth-order valence-electron chi connectivity index (χ4n) is 2.41. The number of carbonyl (C=O) groups is 2. The van der Waals surface area contributed by atoms with E-state index in [0.29, 0.717) is 22.6 Å². The number of aromatic carboxylic acids is 1. The third-order valence-electron chi connectivity index (χ3n) is 3.75. The lowest BCUT2D eigenvalue weighted by Crippen LogP contribution is -2.13. The van der Waals surface area contributed by atoms with Gasteiger partial charge in [0, 0.05) is 17.3 Å². The van der Waals surface area contributed by atoms with Crippen molar-refractivity contribution in [3.63, 3.8) is 0 Å². The van der Waals surface area contributed by atoms with Gasteiger partial charge < -0.3 is 15.4 Å². The van der Waals surface area contributed by atoms with Crippen LogP contribution in [0.3, 0.4) is 0 Å². The lowest BCUT2D eigenvalue weighted by Gasteiger charge is -2.06. The van der Waals surface area contributed by atoms with Gasteiger partial charge in [0.15, 0.2) is 5.69 Å².